The van der Waals surface area contributed by atoms with Crippen LogP contribution in [0.15, 0.2) is 24.3 Å². The number of carbonyl (C=O) groups excluding carboxylic acids is 1. The molecular formula is C24H33N5O. The minimum Gasteiger partial charge on any atom is -0.356 e. The predicted octanol–water partition coefficient (Wildman–Crippen LogP) is 4.73. The number of hydrogen-bond acceptors (Lipinski definition) is 4. The molecule has 1 saturated heterocycles. The van der Waals surface area contributed by atoms with Gasteiger partial charge in [-0.15, -0.1) is 0 Å². The van der Waals surface area contributed by atoms with Gasteiger partial charge >= 0.3 is 6.03 Å². The van der Waals surface area contributed by atoms with Crippen LogP contribution in [0.1, 0.15) is 62.2 Å². The Kier molecular flexibility index (Phi) is 5.93. The quantitative estimate of drug-likeness (QED) is 0.799. The van der Waals surface area contributed by atoms with E-state index in [1.165, 1.54) is 18.4 Å². The van der Waals surface area contributed by atoms with Crippen LogP contribution >= 0.6 is 0 Å². The summed E-state index contributed by atoms with van der Waals surface area (Å²) in [6, 6.07) is 8.07. The van der Waals surface area contributed by atoms with E-state index in [-0.39, 0.29) is 6.03 Å². The predicted molar refractivity (Wildman–Crippen MR) is 121 cm³/mol. The van der Waals surface area contributed by atoms with Gasteiger partial charge in [0.25, 0.3) is 0 Å². The minimum atomic E-state index is -0.0586. The number of rotatable bonds is 3. The molecule has 1 N–H and O–H groups in total. The first-order valence-corrected chi connectivity index (χ1v) is 11.2. The largest absolute Gasteiger partial charge is 0.356 e. The molecule has 0 bridgehead atoms. The Bertz CT molecular complexity index is 901. The molecule has 0 atom stereocenters. The van der Waals surface area contributed by atoms with E-state index in [0.29, 0.717) is 19.0 Å². The summed E-state index contributed by atoms with van der Waals surface area (Å²) in [7, 11) is 0. The zero-order chi connectivity index (χ0) is 21.3. The molecule has 2 aliphatic rings. The number of hydrogen-bond donors (Lipinski definition) is 1. The number of anilines is 2. The van der Waals surface area contributed by atoms with Crippen molar-refractivity contribution < 1.29 is 4.79 Å². The van der Waals surface area contributed by atoms with Crippen molar-refractivity contribution in [2.24, 2.45) is 5.92 Å². The minimum absolute atomic E-state index is 0.0586. The van der Waals surface area contributed by atoms with Crippen molar-refractivity contribution in [3.8, 4) is 0 Å². The number of urea groups is 1. The zero-order valence-corrected chi connectivity index (χ0v) is 18.6. The summed E-state index contributed by atoms with van der Waals surface area (Å²) < 4.78 is 0. The maximum Gasteiger partial charge on any atom is 0.322 e. The highest BCUT2D eigenvalue weighted by molar-refractivity contribution is 5.89. The Hall–Kier alpha value is -2.63. The molecule has 2 aromatic rings. The lowest BCUT2D eigenvalue weighted by molar-refractivity contribution is 0.206. The number of aryl methyl sites for hydroxylation is 1. The van der Waals surface area contributed by atoms with E-state index in [4.69, 9.17) is 9.97 Å². The van der Waals surface area contributed by atoms with Crippen LogP contribution in [-0.4, -0.2) is 40.5 Å². The first kappa shape index (κ1) is 20.6. The molecule has 0 aliphatic carbocycles. The van der Waals surface area contributed by atoms with Crippen LogP contribution < -0.4 is 10.2 Å². The van der Waals surface area contributed by atoms with E-state index in [2.05, 4.69) is 43.1 Å². The molecule has 0 radical (unpaired) electrons. The van der Waals surface area contributed by atoms with Crippen LogP contribution in [-0.2, 0) is 13.0 Å². The first-order chi connectivity index (χ1) is 14.4. The number of nitrogens with one attached hydrogen (secondary N) is 1. The van der Waals surface area contributed by atoms with Crippen LogP contribution in [0.4, 0.5) is 16.3 Å². The van der Waals surface area contributed by atoms with Gasteiger partial charge in [-0.25, -0.2) is 14.8 Å². The fraction of sp³-hybridized carbons (Fsp3) is 0.542. The lowest BCUT2D eigenvalue weighted by Crippen LogP contribution is -2.41. The fourth-order valence-corrected chi connectivity index (χ4v) is 4.33. The highest BCUT2D eigenvalue weighted by atomic mass is 16.2. The average Bonchev–Trinajstić information content (AvgIpc) is 2.73. The van der Waals surface area contributed by atoms with Crippen molar-refractivity contribution in [2.75, 3.05) is 29.9 Å². The number of nitrogens with zero attached hydrogens (tertiary/aromatic N) is 4. The van der Waals surface area contributed by atoms with Gasteiger partial charge in [0.1, 0.15) is 11.6 Å². The van der Waals surface area contributed by atoms with Gasteiger partial charge in [0, 0.05) is 37.3 Å². The Morgan fingerprint density at radius 3 is 2.47 bits per heavy atom. The standard InChI is InChI=1S/C24H33N5O/c1-16(2)19-5-7-20(8-6-19)27-24(30)29-14-11-22-21(15-29)23(26-18(4)25-22)28-12-9-17(3)10-13-28/h5-8,16-17H,9-15H2,1-4H3,(H,27,30). The maximum atomic E-state index is 13.0. The normalized spacial score (nSPS) is 17.2. The Morgan fingerprint density at radius 2 is 1.80 bits per heavy atom. The summed E-state index contributed by atoms with van der Waals surface area (Å²) in [4.78, 5) is 26.7. The molecule has 0 spiro atoms. The molecule has 2 aliphatic heterocycles. The summed E-state index contributed by atoms with van der Waals surface area (Å²) in [5.74, 6) is 3.10. The SMILES string of the molecule is Cc1nc2c(c(N3CCC(C)CC3)n1)CN(C(=O)Nc1ccc(C(C)C)cc1)CC2. The third-order valence-electron chi connectivity index (χ3n) is 6.35. The van der Waals surface area contributed by atoms with Crippen LogP contribution in [0.3, 0.4) is 0 Å². The molecule has 6 heteroatoms. The van der Waals surface area contributed by atoms with Crippen molar-refractivity contribution in [3.63, 3.8) is 0 Å². The summed E-state index contributed by atoms with van der Waals surface area (Å²) in [6.45, 7) is 11.9. The van der Waals surface area contributed by atoms with E-state index in [0.717, 1.165) is 54.0 Å². The molecule has 3 heterocycles. The lowest BCUT2D eigenvalue weighted by Gasteiger charge is -2.36. The van der Waals surface area contributed by atoms with E-state index >= 15 is 0 Å². The van der Waals surface area contributed by atoms with Gasteiger partial charge in [-0.05, 0) is 49.3 Å². The molecule has 4 rings (SSSR count). The number of aromatic nitrogens is 2. The van der Waals surface area contributed by atoms with Gasteiger partial charge in [-0.2, -0.15) is 0 Å². The second kappa shape index (κ2) is 8.62. The van der Waals surface area contributed by atoms with E-state index in [1.54, 1.807) is 0 Å². The van der Waals surface area contributed by atoms with Crippen molar-refractivity contribution in [2.45, 2.75) is 59.4 Å². The second-order valence-electron chi connectivity index (χ2n) is 9.07. The molecule has 1 aromatic carbocycles. The summed E-state index contributed by atoms with van der Waals surface area (Å²) in [5, 5.41) is 3.06. The number of carbonyl (C=O) groups is 1. The number of fused-ring (bicyclic) bond motifs is 1. The van der Waals surface area contributed by atoms with Gasteiger partial charge in [0.2, 0.25) is 0 Å². The molecule has 0 unspecified atom stereocenters. The van der Waals surface area contributed by atoms with Gasteiger partial charge < -0.3 is 15.1 Å². The van der Waals surface area contributed by atoms with Gasteiger partial charge in [-0.3, -0.25) is 0 Å². The van der Waals surface area contributed by atoms with Crippen molar-refractivity contribution in [1.82, 2.24) is 14.9 Å². The highest BCUT2D eigenvalue weighted by Gasteiger charge is 2.28. The highest BCUT2D eigenvalue weighted by Crippen LogP contribution is 2.30. The molecule has 0 saturated carbocycles. The second-order valence-corrected chi connectivity index (χ2v) is 9.07. The number of amides is 2. The lowest BCUT2D eigenvalue weighted by atomic mass is 9.98. The van der Waals surface area contributed by atoms with E-state index in [9.17, 15) is 4.79 Å². The van der Waals surface area contributed by atoms with Crippen molar-refractivity contribution in [1.29, 1.82) is 0 Å². The van der Waals surface area contributed by atoms with Crippen LogP contribution in [0.25, 0.3) is 0 Å². The van der Waals surface area contributed by atoms with Gasteiger partial charge in [-0.1, -0.05) is 32.9 Å². The van der Waals surface area contributed by atoms with Crippen LogP contribution in [0, 0.1) is 12.8 Å². The number of benzene rings is 1. The molecule has 2 amide bonds. The first-order valence-electron chi connectivity index (χ1n) is 11.2. The molecule has 1 fully saturated rings. The average molecular weight is 408 g/mol. The number of piperidine rings is 1. The van der Waals surface area contributed by atoms with E-state index < -0.39 is 0 Å². The summed E-state index contributed by atoms with van der Waals surface area (Å²) >= 11 is 0. The van der Waals surface area contributed by atoms with Crippen molar-refractivity contribution >= 4 is 17.5 Å². The Labute approximate surface area is 179 Å². The summed E-state index contributed by atoms with van der Waals surface area (Å²) in [5.41, 5.74) is 4.32. The molecule has 1 aromatic heterocycles. The van der Waals surface area contributed by atoms with Crippen molar-refractivity contribution in [3.05, 3.63) is 46.9 Å². The Morgan fingerprint density at radius 1 is 1.10 bits per heavy atom. The topological polar surface area (TPSA) is 61.4 Å². The third-order valence-corrected chi connectivity index (χ3v) is 6.35. The fourth-order valence-electron chi connectivity index (χ4n) is 4.33. The molecule has 6 nitrogen and oxygen atoms in total. The monoisotopic (exact) mass is 407 g/mol. The van der Waals surface area contributed by atoms with Gasteiger partial charge in [0.05, 0.1) is 12.2 Å². The molecule has 160 valence electrons. The summed E-state index contributed by atoms with van der Waals surface area (Å²) in [6.07, 6.45) is 3.15. The van der Waals surface area contributed by atoms with Crippen LogP contribution in [0.2, 0.25) is 0 Å². The maximum absolute atomic E-state index is 13.0. The smallest absolute Gasteiger partial charge is 0.322 e. The molecular weight excluding hydrogens is 374 g/mol. The van der Waals surface area contributed by atoms with Crippen LogP contribution in [0.5, 0.6) is 0 Å². The zero-order valence-electron chi connectivity index (χ0n) is 18.6. The Balaban J connectivity index is 1.50. The van der Waals surface area contributed by atoms with Gasteiger partial charge in [0.15, 0.2) is 0 Å². The third kappa shape index (κ3) is 4.42. The molecule has 30 heavy (non-hydrogen) atoms. The van der Waals surface area contributed by atoms with E-state index in [1.807, 2.05) is 24.0 Å².